The highest BCUT2D eigenvalue weighted by Gasteiger charge is 2.43. The zero-order valence-electron chi connectivity index (χ0n) is 18.9. The zero-order chi connectivity index (χ0) is 25.8. The lowest BCUT2D eigenvalue weighted by atomic mass is 10.2. The Morgan fingerprint density at radius 1 is 0.861 bits per heavy atom. The summed E-state index contributed by atoms with van der Waals surface area (Å²) in [7, 11) is -8.02. The summed E-state index contributed by atoms with van der Waals surface area (Å²) >= 11 is 3.36. The smallest absolute Gasteiger partial charge is 0.259 e. The quantitative estimate of drug-likeness (QED) is 0.335. The molecule has 3 aromatic rings. The van der Waals surface area contributed by atoms with Crippen LogP contribution in [0.2, 0.25) is 0 Å². The van der Waals surface area contributed by atoms with Crippen LogP contribution in [0.5, 0.6) is 0 Å². The highest BCUT2D eigenvalue weighted by molar-refractivity contribution is 9.10. The Kier molecular flexibility index (Phi) is 8.00. The summed E-state index contributed by atoms with van der Waals surface area (Å²) in [5.41, 5.74) is 3.08. The highest BCUT2D eigenvalue weighted by Crippen LogP contribution is 2.25. The summed E-state index contributed by atoms with van der Waals surface area (Å²) in [6.07, 6.45) is 1.42. The molecule has 0 radical (unpaired) electrons. The maximum Gasteiger partial charge on any atom is 0.259 e. The average molecular weight is 592 g/mol. The van der Waals surface area contributed by atoms with Crippen molar-refractivity contribution in [2.24, 2.45) is 5.10 Å². The third-order valence-electron chi connectivity index (χ3n) is 5.56. The first kappa shape index (κ1) is 26.2. The first-order valence-electron chi connectivity index (χ1n) is 10.9. The van der Waals surface area contributed by atoms with Gasteiger partial charge >= 0.3 is 0 Å². The normalized spacial score (nSPS) is 17.8. The number of rotatable bonds is 7. The van der Waals surface area contributed by atoms with Crippen LogP contribution in [0.3, 0.4) is 0 Å². The molecule has 0 bridgehead atoms. The van der Waals surface area contributed by atoms with Crippen molar-refractivity contribution in [3.05, 3.63) is 95.0 Å². The molecule has 36 heavy (non-hydrogen) atoms. The van der Waals surface area contributed by atoms with Crippen LogP contribution in [-0.4, -0.2) is 63.2 Å². The predicted molar refractivity (Wildman–Crippen MR) is 139 cm³/mol. The van der Waals surface area contributed by atoms with E-state index in [2.05, 4.69) is 26.5 Å². The Hall–Kier alpha value is -2.90. The molecule has 0 aromatic heterocycles. The molecule has 1 fully saturated rings. The Morgan fingerprint density at radius 3 is 2.08 bits per heavy atom. The maximum atomic E-state index is 13.4. The monoisotopic (exact) mass is 590 g/mol. The van der Waals surface area contributed by atoms with Crippen LogP contribution in [0.25, 0.3) is 0 Å². The van der Waals surface area contributed by atoms with Crippen LogP contribution < -0.4 is 5.43 Å². The average Bonchev–Trinajstić information content (AvgIpc) is 2.89. The second-order valence-electron chi connectivity index (χ2n) is 7.91. The molecule has 1 N–H and O–H groups in total. The number of hydrogen-bond donors (Lipinski definition) is 1. The van der Waals surface area contributed by atoms with Gasteiger partial charge in [0.2, 0.25) is 20.0 Å². The van der Waals surface area contributed by atoms with Gasteiger partial charge in [-0.15, -0.1) is 0 Å². The van der Waals surface area contributed by atoms with Crippen LogP contribution >= 0.6 is 15.9 Å². The van der Waals surface area contributed by atoms with Crippen molar-refractivity contribution in [3.63, 3.8) is 0 Å². The van der Waals surface area contributed by atoms with Gasteiger partial charge in [0.25, 0.3) is 5.91 Å². The van der Waals surface area contributed by atoms with E-state index in [4.69, 9.17) is 0 Å². The molecule has 0 saturated carbocycles. The molecule has 0 unspecified atom stereocenters. The van der Waals surface area contributed by atoms with E-state index >= 15 is 0 Å². The number of benzene rings is 3. The lowest BCUT2D eigenvalue weighted by molar-refractivity contribution is -0.125. The van der Waals surface area contributed by atoms with E-state index < -0.39 is 32.0 Å². The number of nitrogens with one attached hydrogen (secondary N) is 1. The van der Waals surface area contributed by atoms with Crippen LogP contribution in [0.1, 0.15) is 5.56 Å². The second kappa shape index (κ2) is 11.0. The van der Waals surface area contributed by atoms with Gasteiger partial charge in [-0.1, -0.05) is 64.5 Å². The van der Waals surface area contributed by atoms with Gasteiger partial charge in [-0.3, -0.25) is 4.79 Å². The first-order valence-corrected chi connectivity index (χ1v) is 14.6. The molecule has 1 aliphatic heterocycles. The SMILES string of the molecule is O=C(N/N=C\c1cccc(Br)c1)[C@@H]1CN(S(=O)(=O)c2ccccc2)CCN1S(=O)(=O)c1ccccc1. The number of halogens is 1. The summed E-state index contributed by atoms with van der Waals surface area (Å²) in [5.74, 6) is -0.742. The highest BCUT2D eigenvalue weighted by atomic mass is 79.9. The number of nitrogens with zero attached hydrogens (tertiary/aromatic N) is 3. The van der Waals surface area contributed by atoms with Crippen molar-refractivity contribution in [3.8, 4) is 0 Å². The molecule has 0 aliphatic carbocycles. The number of sulfonamides is 2. The largest absolute Gasteiger partial charge is 0.271 e. The zero-order valence-corrected chi connectivity index (χ0v) is 22.2. The fourth-order valence-corrected chi connectivity index (χ4v) is 7.23. The van der Waals surface area contributed by atoms with Crippen LogP contribution in [0.15, 0.2) is 104 Å². The fraction of sp³-hybridized carbons (Fsp3) is 0.167. The van der Waals surface area contributed by atoms with E-state index in [1.54, 1.807) is 54.6 Å². The third kappa shape index (κ3) is 5.73. The van der Waals surface area contributed by atoms with Crippen LogP contribution in [0, 0.1) is 0 Å². The Balaban J connectivity index is 1.63. The van der Waals surface area contributed by atoms with E-state index in [1.165, 1.54) is 30.5 Å². The number of hydrogen-bond acceptors (Lipinski definition) is 6. The molecular formula is C24H23BrN4O5S2. The van der Waals surface area contributed by atoms with Gasteiger partial charge < -0.3 is 0 Å². The summed E-state index contributed by atoms with van der Waals surface area (Å²) in [6, 6.07) is 21.4. The van der Waals surface area contributed by atoms with Gasteiger partial charge in [-0.2, -0.15) is 13.7 Å². The Labute approximate surface area is 218 Å². The van der Waals surface area contributed by atoms with Gasteiger partial charge in [-0.05, 0) is 42.0 Å². The van der Waals surface area contributed by atoms with Crippen LogP contribution in [0.4, 0.5) is 0 Å². The van der Waals surface area contributed by atoms with Crippen molar-refractivity contribution in [2.75, 3.05) is 19.6 Å². The molecule has 4 rings (SSSR count). The number of piperazine rings is 1. The summed E-state index contributed by atoms with van der Waals surface area (Å²) in [4.78, 5) is 13.3. The van der Waals surface area contributed by atoms with Crippen molar-refractivity contribution >= 4 is 48.1 Å². The van der Waals surface area contributed by atoms with Gasteiger partial charge in [-0.25, -0.2) is 22.3 Å². The lowest BCUT2D eigenvalue weighted by Gasteiger charge is -2.38. The third-order valence-corrected chi connectivity index (χ3v) is 9.86. The van der Waals surface area contributed by atoms with Crippen molar-refractivity contribution < 1.29 is 21.6 Å². The second-order valence-corrected chi connectivity index (χ2v) is 12.7. The molecular weight excluding hydrogens is 568 g/mol. The first-order chi connectivity index (χ1) is 17.2. The number of hydrazone groups is 1. The fourth-order valence-electron chi connectivity index (χ4n) is 3.76. The van der Waals surface area contributed by atoms with E-state index in [9.17, 15) is 21.6 Å². The molecule has 188 valence electrons. The minimum Gasteiger partial charge on any atom is -0.271 e. The molecule has 1 atom stereocenters. The molecule has 12 heteroatoms. The van der Waals surface area contributed by atoms with Gasteiger partial charge in [0.1, 0.15) is 6.04 Å². The molecule has 0 spiro atoms. The number of amides is 1. The number of carbonyl (C=O) groups is 1. The van der Waals surface area contributed by atoms with E-state index in [1.807, 2.05) is 6.07 Å². The topological polar surface area (TPSA) is 116 Å². The van der Waals surface area contributed by atoms with Crippen molar-refractivity contribution in [2.45, 2.75) is 15.8 Å². The summed E-state index contributed by atoms with van der Waals surface area (Å²) in [5, 5.41) is 3.96. The molecule has 1 aliphatic rings. The minimum absolute atomic E-state index is 0.0137. The van der Waals surface area contributed by atoms with E-state index in [-0.39, 0.29) is 29.4 Å². The Bertz CT molecular complexity index is 1470. The lowest BCUT2D eigenvalue weighted by Crippen LogP contribution is -2.60. The molecule has 1 amide bonds. The summed E-state index contributed by atoms with van der Waals surface area (Å²) < 4.78 is 56.2. The molecule has 1 saturated heterocycles. The molecule has 3 aromatic carbocycles. The predicted octanol–water partition coefficient (Wildman–Crippen LogP) is 2.66. The van der Waals surface area contributed by atoms with Gasteiger partial charge in [0.15, 0.2) is 0 Å². The molecule has 1 heterocycles. The van der Waals surface area contributed by atoms with Gasteiger partial charge in [0.05, 0.1) is 16.0 Å². The van der Waals surface area contributed by atoms with Crippen LogP contribution in [-0.2, 0) is 24.8 Å². The Morgan fingerprint density at radius 2 is 1.47 bits per heavy atom. The van der Waals surface area contributed by atoms with Crippen molar-refractivity contribution in [1.29, 1.82) is 0 Å². The summed E-state index contributed by atoms with van der Waals surface area (Å²) in [6.45, 7) is -0.660. The van der Waals surface area contributed by atoms with Gasteiger partial charge in [0, 0.05) is 24.1 Å². The minimum atomic E-state index is -4.08. The maximum absolute atomic E-state index is 13.4. The standard InChI is InChI=1S/C24H23BrN4O5S2/c25-20-9-7-8-19(16-20)17-26-27-24(30)23-18-28(35(31,32)21-10-3-1-4-11-21)14-15-29(23)36(33,34)22-12-5-2-6-13-22/h1-13,16-17,23H,14-15,18H2,(H,27,30)/b26-17-/t23-/m0/s1. The van der Waals surface area contributed by atoms with E-state index in [0.29, 0.717) is 5.56 Å². The van der Waals surface area contributed by atoms with E-state index in [0.717, 1.165) is 13.1 Å². The molecule has 9 nitrogen and oxygen atoms in total. The van der Waals surface area contributed by atoms with Crippen molar-refractivity contribution in [1.82, 2.24) is 14.0 Å². The number of carbonyl (C=O) groups excluding carboxylic acids is 1.